The molecular weight excluding hydrogens is 538 g/mol. The van der Waals surface area contributed by atoms with Crippen molar-refractivity contribution in [2.24, 2.45) is 5.92 Å². The van der Waals surface area contributed by atoms with E-state index in [1.807, 2.05) is 6.07 Å². The van der Waals surface area contributed by atoms with Gasteiger partial charge in [0.2, 0.25) is 8.32 Å². The van der Waals surface area contributed by atoms with Crippen LogP contribution in [0.25, 0.3) is 11.0 Å². The maximum Gasteiger partial charge on any atom is 0.200 e. The van der Waals surface area contributed by atoms with Crippen molar-refractivity contribution in [3.05, 3.63) is 35.9 Å². The predicted molar refractivity (Wildman–Crippen MR) is 172 cm³/mol. The molecule has 1 aliphatic carbocycles. The average Bonchev–Trinajstić information content (AvgIpc) is 3.38. The minimum atomic E-state index is -2.12. The average molecular weight is 592 g/mol. The van der Waals surface area contributed by atoms with Gasteiger partial charge in [-0.3, -0.25) is 0 Å². The normalized spacial score (nSPS) is 21.3. The number of hydrogen-bond donors (Lipinski definition) is 0. The van der Waals surface area contributed by atoms with Crippen LogP contribution in [0.4, 0.5) is 0 Å². The van der Waals surface area contributed by atoms with Crippen LogP contribution in [0.15, 0.2) is 30.7 Å². The lowest BCUT2D eigenvalue weighted by Crippen LogP contribution is -2.52. The van der Waals surface area contributed by atoms with Gasteiger partial charge < -0.3 is 13.4 Å². The summed E-state index contributed by atoms with van der Waals surface area (Å²) in [5, 5.41) is 1.37. The Bertz CT molecular complexity index is 1080. The first-order valence-electron chi connectivity index (χ1n) is 15.1. The standard InChI is InChI=1S/C31H54ClN3O2Si2/c1-19(2)38(20(3)4,21(5)6)36-17-27-25(13)28(35-15-14-26-30(32)33-18-34-31(26)35)16-29(27)37-39(22(7)8,23(9)10)24(11)12/h14-15,18-24,27-29H,13,16-17H2,1-12H3/t27-,28-,29-/m0/s1. The summed E-state index contributed by atoms with van der Waals surface area (Å²) in [6, 6.07) is 2.10. The molecule has 1 aliphatic rings. The number of hydrogen-bond acceptors (Lipinski definition) is 4. The third-order valence-electron chi connectivity index (χ3n) is 9.89. The van der Waals surface area contributed by atoms with Crippen molar-refractivity contribution >= 4 is 39.3 Å². The van der Waals surface area contributed by atoms with Crippen LogP contribution in [-0.2, 0) is 8.85 Å². The van der Waals surface area contributed by atoms with Crippen molar-refractivity contribution in [1.82, 2.24) is 14.5 Å². The van der Waals surface area contributed by atoms with Gasteiger partial charge in [-0.25, -0.2) is 9.97 Å². The number of halogens is 1. The molecule has 2 aromatic rings. The molecule has 0 spiro atoms. The molecule has 3 rings (SSSR count). The largest absolute Gasteiger partial charge is 0.415 e. The third kappa shape index (κ3) is 5.72. The van der Waals surface area contributed by atoms with E-state index in [9.17, 15) is 0 Å². The molecule has 0 amide bonds. The first-order chi connectivity index (χ1) is 18.1. The molecule has 0 bridgehead atoms. The summed E-state index contributed by atoms with van der Waals surface area (Å²) in [4.78, 5) is 8.81. The molecule has 0 aromatic carbocycles. The Morgan fingerprint density at radius 2 is 1.38 bits per heavy atom. The zero-order valence-corrected chi connectivity index (χ0v) is 29.3. The van der Waals surface area contributed by atoms with Gasteiger partial charge in [-0.15, -0.1) is 0 Å². The van der Waals surface area contributed by atoms with Gasteiger partial charge in [0.05, 0.1) is 17.5 Å². The monoisotopic (exact) mass is 591 g/mol. The third-order valence-corrected chi connectivity index (χ3v) is 22.4. The molecule has 0 unspecified atom stereocenters. The molecule has 3 atom stereocenters. The molecule has 5 nitrogen and oxygen atoms in total. The van der Waals surface area contributed by atoms with E-state index in [0.717, 1.165) is 17.5 Å². The summed E-state index contributed by atoms with van der Waals surface area (Å²) < 4.78 is 17.0. The SMILES string of the molecule is C=C1[C@H](CO[Si](C(C)C)(C(C)C)C(C)C)[C@@H](O[Si](C(C)C)(C(C)C)C(C)C)C[C@@H]1n1ccc2c(Cl)ncnc21. The van der Waals surface area contributed by atoms with E-state index < -0.39 is 16.6 Å². The summed E-state index contributed by atoms with van der Waals surface area (Å²) in [6.45, 7) is 33.7. The maximum atomic E-state index is 7.52. The first kappa shape index (κ1) is 32.5. The Hall–Kier alpha value is -0.996. The highest BCUT2D eigenvalue weighted by molar-refractivity contribution is 6.78. The Kier molecular flexibility index (Phi) is 10.4. The highest BCUT2D eigenvalue weighted by Crippen LogP contribution is 2.50. The van der Waals surface area contributed by atoms with Gasteiger partial charge in [-0.05, 0) is 51.3 Å². The number of rotatable bonds is 12. The lowest BCUT2D eigenvalue weighted by atomic mass is 10.0. The van der Waals surface area contributed by atoms with Crippen LogP contribution in [0.2, 0.25) is 38.4 Å². The zero-order valence-electron chi connectivity index (χ0n) is 26.6. The van der Waals surface area contributed by atoms with Crippen LogP contribution in [0.3, 0.4) is 0 Å². The topological polar surface area (TPSA) is 49.2 Å². The highest BCUT2D eigenvalue weighted by Gasteiger charge is 2.52. The van der Waals surface area contributed by atoms with E-state index >= 15 is 0 Å². The van der Waals surface area contributed by atoms with E-state index in [4.69, 9.17) is 27.0 Å². The molecular formula is C31H54ClN3O2Si2. The minimum absolute atomic E-state index is 0.0642. The second-order valence-electron chi connectivity index (χ2n) is 13.7. The van der Waals surface area contributed by atoms with Crippen molar-refractivity contribution in [2.45, 2.75) is 135 Å². The van der Waals surface area contributed by atoms with Gasteiger partial charge in [-0.1, -0.05) is 101 Å². The molecule has 8 heteroatoms. The van der Waals surface area contributed by atoms with Crippen molar-refractivity contribution in [3.63, 3.8) is 0 Å². The van der Waals surface area contributed by atoms with Gasteiger partial charge in [-0.2, -0.15) is 0 Å². The molecule has 2 aromatic heterocycles. The van der Waals surface area contributed by atoms with Crippen LogP contribution < -0.4 is 0 Å². The quantitative estimate of drug-likeness (QED) is 0.140. The van der Waals surface area contributed by atoms with Crippen LogP contribution in [0.1, 0.15) is 95.5 Å². The van der Waals surface area contributed by atoms with E-state index in [1.54, 1.807) is 6.33 Å². The smallest absolute Gasteiger partial charge is 0.200 e. The number of fused-ring (bicyclic) bond motifs is 1. The maximum absolute atomic E-state index is 7.52. The fourth-order valence-corrected chi connectivity index (χ4v) is 19.5. The van der Waals surface area contributed by atoms with E-state index in [-0.39, 0.29) is 18.1 Å². The number of nitrogens with zero attached hydrogens (tertiary/aromatic N) is 3. The van der Waals surface area contributed by atoms with Gasteiger partial charge >= 0.3 is 0 Å². The van der Waals surface area contributed by atoms with Gasteiger partial charge in [0.15, 0.2) is 8.32 Å². The van der Waals surface area contributed by atoms with Crippen molar-refractivity contribution < 1.29 is 8.85 Å². The van der Waals surface area contributed by atoms with Gasteiger partial charge in [0, 0.05) is 18.7 Å². The molecule has 0 radical (unpaired) electrons. The Labute approximate surface area is 245 Å². The highest BCUT2D eigenvalue weighted by atomic mass is 35.5. The van der Waals surface area contributed by atoms with Crippen LogP contribution >= 0.6 is 11.6 Å². The summed E-state index contributed by atoms with van der Waals surface area (Å²) in [7, 11) is -4.17. The Balaban J connectivity index is 2.07. The number of aromatic nitrogens is 3. The van der Waals surface area contributed by atoms with E-state index in [2.05, 4.69) is 104 Å². The summed E-state index contributed by atoms with van der Waals surface area (Å²) in [6.07, 6.45) is 4.58. The predicted octanol–water partition coefficient (Wildman–Crippen LogP) is 9.95. The molecule has 0 saturated heterocycles. The Morgan fingerprint density at radius 1 is 0.872 bits per heavy atom. The van der Waals surface area contributed by atoms with Crippen molar-refractivity contribution in [1.29, 1.82) is 0 Å². The molecule has 0 N–H and O–H groups in total. The van der Waals surface area contributed by atoms with E-state index in [1.165, 1.54) is 5.57 Å². The van der Waals surface area contributed by atoms with E-state index in [0.29, 0.717) is 45.0 Å². The zero-order chi connectivity index (χ0) is 29.4. The fourth-order valence-electron chi connectivity index (χ4n) is 8.25. The van der Waals surface area contributed by atoms with Gasteiger partial charge in [0.1, 0.15) is 17.1 Å². The molecule has 220 valence electrons. The molecule has 1 saturated carbocycles. The molecule has 2 heterocycles. The summed E-state index contributed by atoms with van der Waals surface area (Å²) in [5.41, 5.74) is 5.19. The van der Waals surface area contributed by atoms with Gasteiger partial charge in [0.25, 0.3) is 0 Å². The molecule has 0 aliphatic heterocycles. The lowest BCUT2D eigenvalue weighted by Gasteiger charge is -2.46. The lowest BCUT2D eigenvalue weighted by molar-refractivity contribution is 0.105. The molecule has 39 heavy (non-hydrogen) atoms. The van der Waals surface area contributed by atoms with Crippen LogP contribution in [-0.4, -0.2) is 43.9 Å². The summed E-state index contributed by atoms with van der Waals surface area (Å²) in [5.74, 6) is 0.135. The Morgan fingerprint density at radius 3 is 1.87 bits per heavy atom. The first-order valence-corrected chi connectivity index (χ1v) is 19.8. The second kappa shape index (κ2) is 12.5. The molecule has 1 fully saturated rings. The second-order valence-corrected chi connectivity index (χ2v) is 24.9. The summed E-state index contributed by atoms with van der Waals surface area (Å²) >= 11 is 6.43. The fraction of sp³-hybridized carbons (Fsp3) is 0.742. The van der Waals surface area contributed by atoms with Crippen molar-refractivity contribution in [2.75, 3.05) is 6.61 Å². The van der Waals surface area contributed by atoms with Crippen LogP contribution in [0, 0.1) is 5.92 Å². The van der Waals surface area contributed by atoms with Crippen LogP contribution in [0.5, 0.6) is 0 Å². The minimum Gasteiger partial charge on any atom is -0.415 e. The van der Waals surface area contributed by atoms with Crippen molar-refractivity contribution in [3.8, 4) is 0 Å².